The first-order chi connectivity index (χ1) is 28.2. The Balaban J connectivity index is 0. The minimum Gasteiger partial charge on any atom is -0.498 e. The van der Waals surface area contributed by atoms with Gasteiger partial charge in [-0.15, -0.1) is 0 Å². The van der Waals surface area contributed by atoms with Gasteiger partial charge in [0.1, 0.15) is 0 Å². The number of allylic oxidation sites excluding steroid dienone is 2. The number of unbranched alkanes of at least 4 members (excludes halogenated alkanes) is 19. The summed E-state index contributed by atoms with van der Waals surface area (Å²) >= 11 is 0. The molecule has 0 aliphatic heterocycles. The lowest BCUT2D eigenvalue weighted by atomic mass is 9.93. The number of carbonyl (C=O) groups excluding carboxylic acids is 2. The zero-order valence-electron chi connectivity index (χ0n) is 39.2. The lowest BCUT2D eigenvalue weighted by molar-refractivity contribution is -0.149. The summed E-state index contributed by atoms with van der Waals surface area (Å²) in [6, 6.07) is 0. The van der Waals surface area contributed by atoms with E-state index in [1.165, 1.54) is 96.3 Å². The molecule has 0 aliphatic carbocycles. The Labute approximate surface area is 360 Å². The van der Waals surface area contributed by atoms with Crippen molar-refractivity contribution in [3.63, 3.8) is 0 Å². The fraction of sp³-hybridized carbons (Fsp3) is 0.840. The molecule has 0 rings (SSSR count). The zero-order valence-corrected chi connectivity index (χ0v) is 39.2. The van der Waals surface area contributed by atoms with E-state index in [1.54, 1.807) is 0 Å². The van der Waals surface area contributed by atoms with Crippen molar-refractivity contribution in [1.82, 2.24) is 16.0 Å². The zero-order chi connectivity index (χ0) is 43.3. The lowest BCUT2D eigenvalue weighted by Crippen LogP contribution is -2.33. The van der Waals surface area contributed by atoms with Crippen molar-refractivity contribution in [2.45, 2.75) is 227 Å². The number of esters is 1. The first-order valence-corrected chi connectivity index (χ1v) is 24.5. The van der Waals surface area contributed by atoms with Crippen molar-refractivity contribution in [1.29, 1.82) is 0 Å². The fourth-order valence-electron chi connectivity index (χ4n) is 7.08. The van der Waals surface area contributed by atoms with Crippen LogP contribution in [-0.4, -0.2) is 44.7 Å². The normalized spacial score (nSPS) is 11.8. The van der Waals surface area contributed by atoms with Gasteiger partial charge in [-0.05, 0) is 64.7 Å². The summed E-state index contributed by atoms with van der Waals surface area (Å²) in [6.07, 6.45) is 35.1. The summed E-state index contributed by atoms with van der Waals surface area (Å²) in [7, 11) is 0. The van der Waals surface area contributed by atoms with E-state index in [1.807, 2.05) is 6.92 Å². The van der Waals surface area contributed by atoms with Gasteiger partial charge in [-0.3, -0.25) is 9.59 Å². The molecule has 0 saturated heterocycles. The predicted molar refractivity (Wildman–Crippen MR) is 251 cm³/mol. The van der Waals surface area contributed by atoms with Crippen molar-refractivity contribution in [3.05, 3.63) is 37.0 Å². The Morgan fingerprint density at radius 3 is 1.48 bits per heavy atom. The molecule has 0 aromatic heterocycles. The van der Waals surface area contributed by atoms with E-state index >= 15 is 0 Å². The molecule has 0 saturated carbocycles. The maximum atomic E-state index is 12.6. The molecule has 0 spiro atoms. The lowest BCUT2D eigenvalue weighted by Gasteiger charge is -2.20. The molecule has 0 heterocycles. The minimum atomic E-state index is 0.0226. The summed E-state index contributed by atoms with van der Waals surface area (Å²) in [4.78, 5) is 24.9. The Hall–Kier alpha value is -2.64. The van der Waals surface area contributed by atoms with Crippen molar-refractivity contribution in [2.75, 3.05) is 32.8 Å². The number of ether oxygens (including phenoxy) is 2. The Morgan fingerprint density at radius 2 is 0.948 bits per heavy atom. The number of nitrogens with two attached hydrogens (primary N) is 1. The van der Waals surface area contributed by atoms with Gasteiger partial charge >= 0.3 is 5.97 Å². The van der Waals surface area contributed by atoms with Crippen LogP contribution in [0.4, 0.5) is 0 Å². The number of hydrogen-bond donors (Lipinski definition) is 4. The van der Waals surface area contributed by atoms with E-state index in [-0.39, 0.29) is 24.3 Å². The molecule has 342 valence electrons. The van der Waals surface area contributed by atoms with Crippen molar-refractivity contribution >= 4 is 11.9 Å². The molecule has 0 radical (unpaired) electrons. The van der Waals surface area contributed by atoms with Gasteiger partial charge in [-0.2, -0.15) is 0 Å². The summed E-state index contributed by atoms with van der Waals surface area (Å²) in [5.41, 5.74) is 6.03. The van der Waals surface area contributed by atoms with Crippen LogP contribution in [0.25, 0.3) is 0 Å². The standard InChI is InChI=1S/C46H88N2O4.C4H10N2/c1-7-11-15-18-21-28-35-43(34-26-16-12-8-2)42(6)51-38-30-24-22-29-37-47-45(49)40-48-41(5)32-25-20-19-23-31-39-52-46(50)44(33-14-10-4)36-27-17-13-9-3;1-3-6-4(2)5/h43-44,48H,5-40H2,1-4H3,(H,47,49);6H,2-3,5H2,1H3. The van der Waals surface area contributed by atoms with Gasteiger partial charge < -0.3 is 31.2 Å². The average molecular weight is 819 g/mol. The molecule has 1 amide bonds. The molecule has 0 aromatic carbocycles. The summed E-state index contributed by atoms with van der Waals surface area (Å²) in [5, 5.41) is 9.02. The van der Waals surface area contributed by atoms with E-state index in [0.717, 1.165) is 121 Å². The molecule has 0 aromatic rings. The largest absolute Gasteiger partial charge is 0.498 e. The third-order valence-electron chi connectivity index (χ3n) is 10.9. The van der Waals surface area contributed by atoms with Crippen LogP contribution < -0.4 is 21.7 Å². The molecule has 2 atom stereocenters. The number of amides is 1. The highest BCUT2D eigenvalue weighted by atomic mass is 16.5. The van der Waals surface area contributed by atoms with Gasteiger partial charge in [0.25, 0.3) is 0 Å². The van der Waals surface area contributed by atoms with Crippen LogP contribution in [0.3, 0.4) is 0 Å². The number of nitrogens with one attached hydrogen (secondary N) is 3. The van der Waals surface area contributed by atoms with Gasteiger partial charge in [0.2, 0.25) is 5.91 Å². The first-order valence-electron chi connectivity index (χ1n) is 24.5. The Bertz CT molecular complexity index is 971. The van der Waals surface area contributed by atoms with Gasteiger partial charge in [0.15, 0.2) is 0 Å². The van der Waals surface area contributed by atoms with Crippen LogP contribution in [0.15, 0.2) is 37.0 Å². The SMILES string of the molecule is C=C(CCCCCCCOC(=O)C(CCCC)CCCCCC)NCC(=O)NCCCCCCOC(=C)C(CCCCCC)CCCCCCCC.C=C(N)NCC. The quantitative estimate of drug-likeness (QED) is 0.0275. The van der Waals surface area contributed by atoms with Gasteiger partial charge in [0, 0.05) is 24.7 Å². The second-order valence-corrected chi connectivity index (χ2v) is 16.6. The smallest absolute Gasteiger partial charge is 0.308 e. The van der Waals surface area contributed by atoms with E-state index in [9.17, 15) is 9.59 Å². The van der Waals surface area contributed by atoms with E-state index < -0.39 is 0 Å². The molecular weight excluding hydrogens is 721 g/mol. The summed E-state index contributed by atoms with van der Waals surface area (Å²) < 4.78 is 11.8. The third-order valence-corrected chi connectivity index (χ3v) is 10.9. The predicted octanol–water partition coefficient (Wildman–Crippen LogP) is 13.3. The molecule has 0 aliphatic rings. The van der Waals surface area contributed by atoms with Gasteiger partial charge in [-0.25, -0.2) is 0 Å². The number of rotatable bonds is 43. The third kappa shape index (κ3) is 41.5. The van der Waals surface area contributed by atoms with Crippen LogP contribution in [-0.2, 0) is 19.1 Å². The van der Waals surface area contributed by atoms with Crippen molar-refractivity contribution < 1.29 is 19.1 Å². The highest BCUT2D eigenvalue weighted by Gasteiger charge is 2.19. The number of hydrogen-bond acceptors (Lipinski definition) is 7. The highest BCUT2D eigenvalue weighted by molar-refractivity contribution is 5.78. The van der Waals surface area contributed by atoms with Crippen LogP contribution in [0, 0.1) is 11.8 Å². The van der Waals surface area contributed by atoms with Crippen LogP contribution in [0.2, 0.25) is 0 Å². The molecule has 5 N–H and O–H groups in total. The molecule has 8 nitrogen and oxygen atoms in total. The average Bonchev–Trinajstić information content (AvgIpc) is 3.20. The van der Waals surface area contributed by atoms with E-state index in [4.69, 9.17) is 15.2 Å². The topological polar surface area (TPSA) is 115 Å². The Kier molecular flexibility index (Phi) is 45.0. The maximum Gasteiger partial charge on any atom is 0.308 e. The molecular formula is C50H98N4O4. The van der Waals surface area contributed by atoms with Crippen LogP contribution in [0.1, 0.15) is 227 Å². The highest BCUT2D eigenvalue weighted by Crippen LogP contribution is 2.26. The maximum absolute atomic E-state index is 12.6. The fourth-order valence-corrected chi connectivity index (χ4v) is 7.08. The second-order valence-electron chi connectivity index (χ2n) is 16.6. The van der Waals surface area contributed by atoms with Crippen LogP contribution in [0.5, 0.6) is 0 Å². The number of carbonyl (C=O) groups is 2. The van der Waals surface area contributed by atoms with E-state index in [0.29, 0.717) is 24.9 Å². The first kappa shape index (κ1) is 57.5. The van der Waals surface area contributed by atoms with Gasteiger partial charge in [-0.1, -0.05) is 182 Å². The molecule has 8 heteroatoms. The van der Waals surface area contributed by atoms with Gasteiger partial charge in [0.05, 0.1) is 37.3 Å². The van der Waals surface area contributed by atoms with Crippen molar-refractivity contribution in [3.8, 4) is 0 Å². The monoisotopic (exact) mass is 819 g/mol. The summed E-state index contributed by atoms with van der Waals surface area (Å²) in [5.74, 6) is 2.20. The van der Waals surface area contributed by atoms with Crippen LogP contribution >= 0.6 is 0 Å². The Morgan fingerprint density at radius 1 is 0.500 bits per heavy atom. The molecule has 2 unspecified atom stereocenters. The molecule has 58 heavy (non-hydrogen) atoms. The minimum absolute atomic E-state index is 0.0226. The molecule has 0 fully saturated rings. The van der Waals surface area contributed by atoms with Crippen molar-refractivity contribution in [2.24, 2.45) is 17.6 Å². The van der Waals surface area contributed by atoms with E-state index in [2.05, 4.69) is 63.4 Å². The second kappa shape index (κ2) is 45.4. The molecule has 0 bridgehead atoms. The summed E-state index contributed by atoms with van der Waals surface area (Å²) in [6.45, 7) is 25.9.